The van der Waals surface area contributed by atoms with Crippen LogP contribution >= 0.6 is 0 Å². The lowest BCUT2D eigenvalue weighted by atomic mass is 10.0. The van der Waals surface area contributed by atoms with E-state index in [1.807, 2.05) is 0 Å². The number of nitrogens with zero attached hydrogens (tertiary/aromatic N) is 1. The number of hydrogen-bond acceptors (Lipinski definition) is 2. The van der Waals surface area contributed by atoms with E-state index < -0.39 is 5.79 Å². The summed E-state index contributed by atoms with van der Waals surface area (Å²) in [7, 11) is 4.35. The number of ether oxygens (including phenoxy) is 1. The summed E-state index contributed by atoms with van der Waals surface area (Å²) in [5.74, 6) is -0.875. The van der Waals surface area contributed by atoms with E-state index in [2.05, 4.69) is 21.0 Å². The molecule has 1 aliphatic heterocycles. The number of morpholine rings is 1. The summed E-state index contributed by atoms with van der Waals surface area (Å²) in [5.41, 5.74) is 0. The van der Waals surface area contributed by atoms with Crippen LogP contribution in [0, 0.1) is 0 Å². The van der Waals surface area contributed by atoms with E-state index in [1.165, 1.54) is 70.6 Å². The summed E-state index contributed by atoms with van der Waals surface area (Å²) in [6, 6.07) is 0. The SMILES string of the molecule is CCCCCCCCCCCCCCC1(O)C[N+](C)(C)CCO1. The molecule has 0 aromatic rings. The second-order valence-electron chi connectivity index (χ2n) is 8.25. The van der Waals surface area contributed by atoms with Crippen molar-refractivity contribution in [3.05, 3.63) is 0 Å². The van der Waals surface area contributed by atoms with Crippen LogP contribution in [0.4, 0.5) is 0 Å². The molecule has 3 nitrogen and oxygen atoms in total. The van der Waals surface area contributed by atoms with Gasteiger partial charge < -0.3 is 14.3 Å². The minimum absolute atomic E-state index is 0.682. The van der Waals surface area contributed by atoms with Gasteiger partial charge in [0.15, 0.2) is 0 Å². The van der Waals surface area contributed by atoms with Crippen molar-refractivity contribution in [3.63, 3.8) is 0 Å². The Hall–Kier alpha value is -0.120. The maximum Gasteiger partial charge on any atom is 0.216 e. The van der Waals surface area contributed by atoms with Gasteiger partial charge in [-0.1, -0.05) is 77.6 Å². The molecule has 1 atom stereocenters. The number of hydrogen-bond donors (Lipinski definition) is 1. The maximum atomic E-state index is 10.5. The lowest BCUT2D eigenvalue weighted by Crippen LogP contribution is -2.59. The highest BCUT2D eigenvalue weighted by atomic mass is 16.6. The average molecular weight is 329 g/mol. The highest BCUT2D eigenvalue weighted by molar-refractivity contribution is 4.70. The number of aliphatic hydroxyl groups is 1. The van der Waals surface area contributed by atoms with E-state index in [1.54, 1.807) is 0 Å². The van der Waals surface area contributed by atoms with Crippen molar-refractivity contribution in [1.29, 1.82) is 0 Å². The quantitative estimate of drug-likeness (QED) is 0.386. The van der Waals surface area contributed by atoms with E-state index in [-0.39, 0.29) is 0 Å². The van der Waals surface area contributed by atoms with Gasteiger partial charge in [-0.15, -0.1) is 0 Å². The molecule has 0 aromatic heterocycles. The fraction of sp³-hybridized carbons (Fsp3) is 1.00. The van der Waals surface area contributed by atoms with Gasteiger partial charge in [0.2, 0.25) is 5.79 Å². The van der Waals surface area contributed by atoms with Gasteiger partial charge in [-0.05, 0) is 6.42 Å². The smallest absolute Gasteiger partial charge is 0.216 e. The summed E-state index contributed by atoms with van der Waals surface area (Å²) in [6.07, 6.45) is 17.0. The van der Waals surface area contributed by atoms with Crippen LogP contribution in [0.3, 0.4) is 0 Å². The van der Waals surface area contributed by atoms with Gasteiger partial charge in [0.05, 0.1) is 20.7 Å². The van der Waals surface area contributed by atoms with Crippen molar-refractivity contribution in [3.8, 4) is 0 Å². The van der Waals surface area contributed by atoms with Crippen LogP contribution in [0.25, 0.3) is 0 Å². The molecule has 1 rings (SSSR count). The molecule has 0 aromatic carbocycles. The van der Waals surface area contributed by atoms with E-state index in [0.717, 1.165) is 30.4 Å². The molecule has 0 amide bonds. The molecule has 23 heavy (non-hydrogen) atoms. The Balaban J connectivity index is 1.90. The third-order valence-corrected chi connectivity index (χ3v) is 5.16. The Morgan fingerprint density at radius 2 is 1.30 bits per heavy atom. The van der Waals surface area contributed by atoms with E-state index >= 15 is 0 Å². The van der Waals surface area contributed by atoms with Crippen LogP contribution in [-0.2, 0) is 4.74 Å². The zero-order valence-corrected chi connectivity index (χ0v) is 16.1. The zero-order valence-electron chi connectivity index (χ0n) is 16.1. The molecule has 0 radical (unpaired) electrons. The summed E-state index contributed by atoms with van der Waals surface area (Å²) in [4.78, 5) is 0. The van der Waals surface area contributed by atoms with Crippen molar-refractivity contribution >= 4 is 0 Å². The molecular formula is C20H42NO2+. The van der Waals surface area contributed by atoms with Crippen molar-refractivity contribution < 1.29 is 14.3 Å². The Labute approximate surface area is 145 Å². The standard InChI is InChI=1S/C20H42NO2/c1-4-5-6-7-8-9-10-11-12-13-14-15-16-20(22)19-21(2,3)17-18-23-20/h22H,4-19H2,1-3H3/q+1. The Bertz CT molecular complexity index is 293. The molecule has 1 aliphatic rings. The first kappa shape index (κ1) is 20.9. The monoisotopic (exact) mass is 328 g/mol. The van der Waals surface area contributed by atoms with E-state index in [4.69, 9.17) is 4.74 Å². The predicted octanol–water partition coefficient (Wildman–Crippen LogP) is 4.87. The normalized spacial score (nSPS) is 24.0. The summed E-state index contributed by atoms with van der Waals surface area (Å²) < 4.78 is 6.51. The third-order valence-electron chi connectivity index (χ3n) is 5.16. The van der Waals surface area contributed by atoms with Gasteiger partial charge >= 0.3 is 0 Å². The van der Waals surface area contributed by atoms with Crippen molar-refractivity contribution in [2.24, 2.45) is 0 Å². The van der Waals surface area contributed by atoms with Crippen molar-refractivity contribution in [2.45, 2.75) is 96.2 Å². The molecule has 1 unspecified atom stereocenters. The fourth-order valence-corrected chi connectivity index (χ4v) is 3.67. The molecule has 138 valence electrons. The number of rotatable bonds is 13. The summed E-state index contributed by atoms with van der Waals surface area (Å²) in [6.45, 7) is 4.69. The Morgan fingerprint density at radius 1 is 0.826 bits per heavy atom. The van der Waals surface area contributed by atoms with Gasteiger partial charge in [-0.2, -0.15) is 0 Å². The van der Waals surface area contributed by atoms with Gasteiger partial charge in [0.1, 0.15) is 13.1 Å². The molecule has 1 saturated heterocycles. The molecule has 0 spiro atoms. The molecule has 1 heterocycles. The molecule has 0 saturated carbocycles. The second kappa shape index (κ2) is 11.4. The van der Waals surface area contributed by atoms with Crippen LogP contribution < -0.4 is 0 Å². The number of likely N-dealkylation sites (N-methyl/N-ethyl adjacent to an activating group) is 1. The Morgan fingerprint density at radius 3 is 1.78 bits per heavy atom. The highest BCUT2D eigenvalue weighted by Gasteiger charge is 2.39. The lowest BCUT2D eigenvalue weighted by Gasteiger charge is -2.42. The molecular weight excluding hydrogens is 286 g/mol. The summed E-state index contributed by atoms with van der Waals surface area (Å²) >= 11 is 0. The van der Waals surface area contributed by atoms with Crippen molar-refractivity contribution in [1.82, 2.24) is 0 Å². The first-order chi connectivity index (χ1) is 11.0. The second-order valence-corrected chi connectivity index (χ2v) is 8.25. The summed E-state index contributed by atoms with van der Waals surface area (Å²) in [5, 5.41) is 10.5. The third kappa shape index (κ3) is 10.4. The molecule has 0 bridgehead atoms. The van der Waals surface area contributed by atoms with Crippen LogP contribution in [0.15, 0.2) is 0 Å². The van der Waals surface area contributed by atoms with Gasteiger partial charge in [0, 0.05) is 6.42 Å². The zero-order chi connectivity index (χ0) is 17.0. The van der Waals surface area contributed by atoms with Gasteiger partial charge in [-0.3, -0.25) is 0 Å². The van der Waals surface area contributed by atoms with Gasteiger partial charge in [-0.25, -0.2) is 0 Å². The van der Waals surface area contributed by atoms with E-state index in [9.17, 15) is 5.11 Å². The largest absolute Gasteiger partial charge is 0.361 e. The van der Waals surface area contributed by atoms with Crippen LogP contribution in [-0.4, -0.2) is 49.2 Å². The lowest BCUT2D eigenvalue weighted by molar-refractivity contribution is -0.911. The van der Waals surface area contributed by atoms with Crippen LogP contribution in [0.2, 0.25) is 0 Å². The highest BCUT2D eigenvalue weighted by Crippen LogP contribution is 2.24. The molecule has 1 fully saturated rings. The first-order valence-corrected chi connectivity index (χ1v) is 10.2. The minimum Gasteiger partial charge on any atom is -0.361 e. The fourth-order valence-electron chi connectivity index (χ4n) is 3.67. The number of unbranched alkanes of at least 4 members (excludes halogenated alkanes) is 11. The average Bonchev–Trinajstić information content (AvgIpc) is 2.47. The molecule has 3 heteroatoms. The molecule has 1 N–H and O–H groups in total. The Kier molecular flexibility index (Phi) is 10.4. The van der Waals surface area contributed by atoms with E-state index in [0.29, 0.717) is 6.61 Å². The van der Waals surface area contributed by atoms with Gasteiger partial charge in [0.25, 0.3) is 0 Å². The van der Waals surface area contributed by atoms with Crippen molar-refractivity contribution in [2.75, 3.05) is 33.8 Å². The minimum atomic E-state index is -0.875. The van der Waals surface area contributed by atoms with Crippen LogP contribution in [0.1, 0.15) is 90.4 Å². The first-order valence-electron chi connectivity index (χ1n) is 10.2. The maximum absolute atomic E-state index is 10.5. The molecule has 0 aliphatic carbocycles. The predicted molar refractivity (Wildman–Crippen MR) is 98.4 cm³/mol. The number of quaternary nitrogens is 1. The topological polar surface area (TPSA) is 29.5 Å². The van der Waals surface area contributed by atoms with Crippen LogP contribution in [0.5, 0.6) is 0 Å².